The lowest BCUT2D eigenvalue weighted by atomic mass is 10.2. The summed E-state index contributed by atoms with van der Waals surface area (Å²) in [6, 6.07) is 18.0. The van der Waals surface area contributed by atoms with Crippen LogP contribution in [0.3, 0.4) is 0 Å². The van der Waals surface area contributed by atoms with Crippen molar-refractivity contribution in [2.75, 3.05) is 41.3 Å². The van der Waals surface area contributed by atoms with E-state index in [0.29, 0.717) is 16.8 Å². The molecule has 132 valence electrons. The molecule has 0 atom stereocenters. The molecular formula is C19H19ClN6. The molecule has 3 aromatic rings. The minimum Gasteiger partial charge on any atom is -0.368 e. The van der Waals surface area contributed by atoms with Gasteiger partial charge in [0.05, 0.1) is 16.9 Å². The Bertz CT molecular complexity index is 865. The SMILES string of the molecule is Clc1ccccc1Nc1cnnc(N2CCN(c3ccccc3)CC2)n1. The number of nitrogens with one attached hydrogen (secondary N) is 1. The monoisotopic (exact) mass is 366 g/mol. The van der Waals surface area contributed by atoms with Crippen LogP contribution in [-0.4, -0.2) is 41.4 Å². The van der Waals surface area contributed by atoms with E-state index in [4.69, 9.17) is 11.6 Å². The zero-order valence-electron chi connectivity index (χ0n) is 14.2. The van der Waals surface area contributed by atoms with Gasteiger partial charge in [0.1, 0.15) is 0 Å². The fraction of sp³-hybridized carbons (Fsp3) is 0.211. The smallest absolute Gasteiger partial charge is 0.247 e. The number of halogens is 1. The second-order valence-corrected chi connectivity index (χ2v) is 6.46. The van der Waals surface area contributed by atoms with E-state index >= 15 is 0 Å². The predicted molar refractivity (Wildman–Crippen MR) is 105 cm³/mol. The first kappa shape index (κ1) is 16.6. The van der Waals surface area contributed by atoms with Gasteiger partial charge in [0, 0.05) is 31.9 Å². The number of aromatic nitrogens is 3. The molecule has 26 heavy (non-hydrogen) atoms. The normalized spacial score (nSPS) is 14.3. The summed E-state index contributed by atoms with van der Waals surface area (Å²) in [6.07, 6.45) is 1.60. The topological polar surface area (TPSA) is 57.2 Å². The van der Waals surface area contributed by atoms with Crippen molar-refractivity contribution in [1.29, 1.82) is 0 Å². The number of hydrogen-bond donors (Lipinski definition) is 1. The van der Waals surface area contributed by atoms with E-state index in [1.54, 1.807) is 6.20 Å². The first-order chi connectivity index (χ1) is 12.8. The molecule has 1 aliphatic rings. The van der Waals surface area contributed by atoms with Crippen molar-refractivity contribution in [3.8, 4) is 0 Å². The molecule has 0 spiro atoms. The van der Waals surface area contributed by atoms with Gasteiger partial charge in [-0.15, -0.1) is 5.10 Å². The van der Waals surface area contributed by atoms with Crippen LogP contribution in [0.25, 0.3) is 0 Å². The average Bonchev–Trinajstić information content (AvgIpc) is 2.71. The van der Waals surface area contributed by atoms with Gasteiger partial charge in [0.25, 0.3) is 0 Å². The van der Waals surface area contributed by atoms with Gasteiger partial charge in [-0.2, -0.15) is 10.1 Å². The van der Waals surface area contributed by atoms with Crippen LogP contribution < -0.4 is 15.1 Å². The molecule has 6 nitrogen and oxygen atoms in total. The standard InChI is InChI=1S/C19H19ClN6/c20-16-8-4-5-9-17(16)22-18-14-21-24-19(23-18)26-12-10-25(11-13-26)15-6-2-1-3-7-15/h1-9,14H,10-13H2,(H,22,23,24). The maximum Gasteiger partial charge on any atom is 0.247 e. The summed E-state index contributed by atoms with van der Waals surface area (Å²) in [5.41, 5.74) is 2.05. The summed E-state index contributed by atoms with van der Waals surface area (Å²) in [6.45, 7) is 3.56. The summed E-state index contributed by atoms with van der Waals surface area (Å²) < 4.78 is 0. The summed E-state index contributed by atoms with van der Waals surface area (Å²) >= 11 is 6.19. The molecule has 0 amide bonds. The molecule has 0 bridgehead atoms. The molecular weight excluding hydrogens is 348 g/mol. The maximum absolute atomic E-state index is 6.19. The highest BCUT2D eigenvalue weighted by atomic mass is 35.5. The van der Waals surface area contributed by atoms with Crippen LogP contribution in [-0.2, 0) is 0 Å². The van der Waals surface area contributed by atoms with Gasteiger partial charge < -0.3 is 15.1 Å². The van der Waals surface area contributed by atoms with Crippen molar-refractivity contribution in [1.82, 2.24) is 15.2 Å². The minimum absolute atomic E-state index is 0.633. The summed E-state index contributed by atoms with van der Waals surface area (Å²) in [7, 11) is 0. The fourth-order valence-corrected chi connectivity index (χ4v) is 3.18. The predicted octanol–water partition coefficient (Wildman–Crippen LogP) is 3.60. The van der Waals surface area contributed by atoms with E-state index in [1.165, 1.54) is 5.69 Å². The van der Waals surface area contributed by atoms with Gasteiger partial charge >= 0.3 is 0 Å². The Balaban J connectivity index is 1.44. The molecule has 4 rings (SSSR count). The Labute approximate surface area is 157 Å². The molecule has 1 saturated heterocycles. The number of piperazine rings is 1. The van der Waals surface area contributed by atoms with Crippen LogP contribution in [0.15, 0.2) is 60.8 Å². The zero-order valence-corrected chi connectivity index (χ0v) is 15.0. The maximum atomic E-state index is 6.19. The number of anilines is 4. The van der Waals surface area contributed by atoms with Crippen LogP contribution in [0.5, 0.6) is 0 Å². The number of rotatable bonds is 4. The molecule has 2 heterocycles. The van der Waals surface area contributed by atoms with Gasteiger partial charge in [-0.3, -0.25) is 0 Å². The largest absolute Gasteiger partial charge is 0.368 e. The van der Waals surface area contributed by atoms with E-state index in [9.17, 15) is 0 Å². The molecule has 0 aliphatic carbocycles. The first-order valence-electron chi connectivity index (χ1n) is 8.56. The van der Waals surface area contributed by atoms with E-state index in [0.717, 1.165) is 31.9 Å². The Morgan fingerprint density at radius 3 is 2.31 bits per heavy atom. The first-order valence-corrected chi connectivity index (χ1v) is 8.93. The van der Waals surface area contributed by atoms with Crippen molar-refractivity contribution in [2.24, 2.45) is 0 Å². The lowest BCUT2D eigenvalue weighted by Crippen LogP contribution is -2.47. The highest BCUT2D eigenvalue weighted by molar-refractivity contribution is 6.33. The quantitative estimate of drug-likeness (QED) is 0.761. The summed E-state index contributed by atoms with van der Waals surface area (Å²) in [5.74, 6) is 1.27. The molecule has 0 saturated carbocycles. The van der Waals surface area contributed by atoms with E-state index in [2.05, 4.69) is 54.6 Å². The number of benzene rings is 2. The van der Waals surface area contributed by atoms with E-state index in [-0.39, 0.29) is 0 Å². The minimum atomic E-state index is 0.633. The second-order valence-electron chi connectivity index (χ2n) is 6.06. The van der Waals surface area contributed by atoms with E-state index < -0.39 is 0 Å². The molecule has 0 radical (unpaired) electrons. The van der Waals surface area contributed by atoms with Gasteiger partial charge in [0.2, 0.25) is 5.95 Å². The molecule has 1 aromatic heterocycles. The third-order valence-corrected chi connectivity index (χ3v) is 4.70. The van der Waals surface area contributed by atoms with Crippen LogP contribution in [0, 0.1) is 0 Å². The summed E-state index contributed by atoms with van der Waals surface area (Å²) in [4.78, 5) is 9.12. The van der Waals surface area contributed by atoms with Gasteiger partial charge in [-0.1, -0.05) is 41.9 Å². The van der Waals surface area contributed by atoms with Gasteiger partial charge in [0.15, 0.2) is 5.82 Å². The Kier molecular flexibility index (Phi) is 4.84. The number of hydrogen-bond acceptors (Lipinski definition) is 6. The third-order valence-electron chi connectivity index (χ3n) is 4.37. The van der Waals surface area contributed by atoms with Crippen LogP contribution in [0.1, 0.15) is 0 Å². The molecule has 2 aromatic carbocycles. The van der Waals surface area contributed by atoms with Gasteiger partial charge in [-0.05, 0) is 24.3 Å². The fourth-order valence-electron chi connectivity index (χ4n) is 2.99. The third kappa shape index (κ3) is 3.70. The molecule has 1 aliphatic heterocycles. The Morgan fingerprint density at radius 1 is 0.846 bits per heavy atom. The number of para-hydroxylation sites is 2. The van der Waals surface area contributed by atoms with Crippen molar-refractivity contribution >= 4 is 34.7 Å². The molecule has 7 heteroatoms. The lowest BCUT2D eigenvalue weighted by Gasteiger charge is -2.35. The number of nitrogens with zero attached hydrogens (tertiary/aromatic N) is 5. The van der Waals surface area contributed by atoms with Gasteiger partial charge in [-0.25, -0.2) is 0 Å². The Morgan fingerprint density at radius 2 is 1.54 bits per heavy atom. The average molecular weight is 367 g/mol. The second kappa shape index (κ2) is 7.58. The summed E-state index contributed by atoms with van der Waals surface area (Å²) in [5, 5.41) is 12.1. The molecule has 1 fully saturated rings. The van der Waals surface area contributed by atoms with Crippen molar-refractivity contribution < 1.29 is 0 Å². The Hall–Kier alpha value is -2.86. The highest BCUT2D eigenvalue weighted by Crippen LogP contribution is 2.24. The van der Waals surface area contributed by atoms with Crippen LogP contribution in [0.2, 0.25) is 5.02 Å². The van der Waals surface area contributed by atoms with Crippen LogP contribution in [0.4, 0.5) is 23.1 Å². The van der Waals surface area contributed by atoms with Crippen LogP contribution >= 0.6 is 11.6 Å². The molecule has 0 unspecified atom stereocenters. The van der Waals surface area contributed by atoms with Crippen molar-refractivity contribution in [3.63, 3.8) is 0 Å². The van der Waals surface area contributed by atoms with Crippen molar-refractivity contribution in [3.05, 3.63) is 65.8 Å². The molecule has 1 N–H and O–H groups in total. The highest BCUT2D eigenvalue weighted by Gasteiger charge is 2.19. The van der Waals surface area contributed by atoms with Crippen molar-refractivity contribution in [2.45, 2.75) is 0 Å². The van der Waals surface area contributed by atoms with E-state index in [1.807, 2.05) is 30.3 Å². The lowest BCUT2D eigenvalue weighted by molar-refractivity contribution is 0.635. The zero-order chi connectivity index (χ0) is 17.8.